The second-order valence-electron chi connectivity index (χ2n) is 3.09. The lowest BCUT2D eigenvalue weighted by molar-refractivity contribution is 0.382. The maximum Gasteiger partial charge on any atom is 0.143 e. The first kappa shape index (κ1) is 9.25. The minimum absolute atomic E-state index is 0.167. The van der Waals surface area contributed by atoms with Crippen LogP contribution >= 0.6 is 23.2 Å². The molecule has 1 heterocycles. The van der Waals surface area contributed by atoms with E-state index in [9.17, 15) is 4.39 Å². The van der Waals surface area contributed by atoms with Gasteiger partial charge in [-0.25, -0.2) is 4.39 Å². The van der Waals surface area contributed by atoms with E-state index in [2.05, 4.69) is 5.32 Å². The first-order valence-electron chi connectivity index (χ1n) is 4.06. The minimum atomic E-state index is -0.446. The Morgan fingerprint density at radius 3 is 2.62 bits per heavy atom. The van der Waals surface area contributed by atoms with Gasteiger partial charge in [0, 0.05) is 11.1 Å². The second kappa shape index (κ2) is 3.45. The summed E-state index contributed by atoms with van der Waals surface area (Å²) in [6.45, 7) is 0.953. The van der Waals surface area contributed by atoms with Crippen LogP contribution in [0, 0.1) is 5.82 Å². The van der Waals surface area contributed by atoms with E-state index in [1.165, 1.54) is 6.07 Å². The molecule has 1 nitrogen and oxygen atoms in total. The Kier molecular flexibility index (Phi) is 2.45. The summed E-state index contributed by atoms with van der Waals surface area (Å²) >= 11 is 11.5. The van der Waals surface area contributed by atoms with Gasteiger partial charge in [-0.1, -0.05) is 23.2 Å². The van der Waals surface area contributed by atoms with Gasteiger partial charge in [0.2, 0.25) is 0 Å². The molecule has 1 aromatic rings. The highest BCUT2D eigenvalue weighted by Gasteiger charge is 2.22. The van der Waals surface area contributed by atoms with Crippen LogP contribution < -0.4 is 5.32 Å². The first-order chi connectivity index (χ1) is 6.18. The molecule has 0 aliphatic carbocycles. The van der Waals surface area contributed by atoms with Crippen molar-refractivity contribution in [1.82, 2.24) is 5.32 Å². The molecule has 70 valence electrons. The Morgan fingerprint density at radius 1 is 1.38 bits per heavy atom. The molecule has 1 N–H and O–H groups in total. The van der Waals surface area contributed by atoms with Gasteiger partial charge in [0.25, 0.3) is 0 Å². The molecular weight excluding hydrogens is 212 g/mol. The lowest BCUT2D eigenvalue weighted by Crippen LogP contribution is -2.35. The third kappa shape index (κ3) is 1.66. The number of benzene rings is 1. The van der Waals surface area contributed by atoms with E-state index >= 15 is 0 Å². The fourth-order valence-corrected chi connectivity index (χ4v) is 1.84. The molecule has 0 spiro atoms. The van der Waals surface area contributed by atoms with E-state index in [0.717, 1.165) is 18.5 Å². The van der Waals surface area contributed by atoms with E-state index in [-0.39, 0.29) is 11.1 Å². The van der Waals surface area contributed by atoms with Crippen LogP contribution in [0.25, 0.3) is 0 Å². The average Bonchev–Trinajstić information content (AvgIpc) is 1.95. The lowest BCUT2D eigenvalue weighted by Gasteiger charge is -2.28. The fraction of sp³-hybridized carbons (Fsp3) is 0.333. The summed E-state index contributed by atoms with van der Waals surface area (Å²) in [5.74, 6) is -0.446. The molecule has 1 unspecified atom stereocenters. The molecule has 1 saturated heterocycles. The maximum absolute atomic E-state index is 13.1. The zero-order chi connectivity index (χ0) is 9.42. The van der Waals surface area contributed by atoms with Crippen LogP contribution in [0.2, 0.25) is 10.0 Å². The Balaban J connectivity index is 2.42. The van der Waals surface area contributed by atoms with Crippen molar-refractivity contribution >= 4 is 23.2 Å². The zero-order valence-electron chi connectivity index (χ0n) is 6.78. The first-order valence-corrected chi connectivity index (χ1v) is 4.82. The predicted molar refractivity (Wildman–Crippen MR) is 51.8 cm³/mol. The van der Waals surface area contributed by atoms with Crippen molar-refractivity contribution in [2.75, 3.05) is 6.54 Å². The van der Waals surface area contributed by atoms with Crippen molar-refractivity contribution in [3.63, 3.8) is 0 Å². The molecule has 0 bridgehead atoms. The van der Waals surface area contributed by atoms with Gasteiger partial charge in [-0.05, 0) is 30.7 Å². The molecule has 1 atom stereocenters. The van der Waals surface area contributed by atoms with Crippen LogP contribution in [0.3, 0.4) is 0 Å². The highest BCUT2D eigenvalue weighted by Crippen LogP contribution is 2.33. The molecular formula is C9H8Cl2FN. The number of halogens is 3. The van der Waals surface area contributed by atoms with Crippen LogP contribution in [0.4, 0.5) is 4.39 Å². The van der Waals surface area contributed by atoms with Gasteiger partial charge >= 0.3 is 0 Å². The lowest BCUT2D eigenvalue weighted by atomic mass is 9.98. The number of rotatable bonds is 1. The second-order valence-corrected chi connectivity index (χ2v) is 3.90. The molecule has 1 fully saturated rings. The summed E-state index contributed by atoms with van der Waals surface area (Å²) < 4.78 is 13.1. The van der Waals surface area contributed by atoms with Gasteiger partial charge in [0.15, 0.2) is 0 Å². The summed E-state index contributed by atoms with van der Waals surface area (Å²) in [5.41, 5.74) is 0.762. The number of hydrogen-bond acceptors (Lipinski definition) is 1. The van der Waals surface area contributed by atoms with Gasteiger partial charge in [0.05, 0.1) is 5.02 Å². The summed E-state index contributed by atoms with van der Waals surface area (Å²) in [7, 11) is 0. The molecule has 0 saturated carbocycles. The fourth-order valence-electron chi connectivity index (χ4n) is 1.38. The van der Waals surface area contributed by atoms with Crippen LogP contribution in [-0.4, -0.2) is 6.54 Å². The molecule has 0 amide bonds. The van der Waals surface area contributed by atoms with Crippen molar-refractivity contribution < 1.29 is 4.39 Å². The SMILES string of the molecule is Fc1cc(Cl)cc(C2CCN2)c1Cl. The van der Waals surface area contributed by atoms with E-state index in [4.69, 9.17) is 23.2 Å². The van der Waals surface area contributed by atoms with Gasteiger partial charge in [-0.15, -0.1) is 0 Å². The Hall–Kier alpha value is -0.310. The maximum atomic E-state index is 13.1. The molecule has 1 aliphatic heterocycles. The van der Waals surface area contributed by atoms with Crippen molar-refractivity contribution in [2.45, 2.75) is 12.5 Å². The third-order valence-electron chi connectivity index (χ3n) is 2.22. The monoisotopic (exact) mass is 219 g/mol. The highest BCUT2D eigenvalue weighted by atomic mass is 35.5. The molecule has 0 radical (unpaired) electrons. The molecule has 0 aromatic heterocycles. The number of nitrogens with one attached hydrogen (secondary N) is 1. The van der Waals surface area contributed by atoms with Crippen LogP contribution in [-0.2, 0) is 0 Å². The highest BCUT2D eigenvalue weighted by molar-refractivity contribution is 6.33. The van der Waals surface area contributed by atoms with E-state index in [1.54, 1.807) is 6.07 Å². The Bertz CT molecular complexity index is 337. The van der Waals surface area contributed by atoms with Gasteiger partial charge in [-0.3, -0.25) is 0 Å². The topological polar surface area (TPSA) is 12.0 Å². The van der Waals surface area contributed by atoms with Gasteiger partial charge in [-0.2, -0.15) is 0 Å². The zero-order valence-corrected chi connectivity index (χ0v) is 8.29. The summed E-state index contributed by atoms with van der Waals surface area (Å²) in [6.07, 6.45) is 0.986. The van der Waals surface area contributed by atoms with E-state index in [0.29, 0.717) is 5.02 Å². The standard InChI is InChI=1S/C9H8Cl2FN/c10-5-3-6(8-1-2-13-8)9(11)7(12)4-5/h3-4,8,13H,1-2H2. The Morgan fingerprint density at radius 2 is 2.08 bits per heavy atom. The van der Waals surface area contributed by atoms with Crippen molar-refractivity contribution in [1.29, 1.82) is 0 Å². The van der Waals surface area contributed by atoms with Crippen molar-refractivity contribution in [3.05, 3.63) is 33.6 Å². The Labute approximate surface area is 85.8 Å². The van der Waals surface area contributed by atoms with Crippen molar-refractivity contribution in [3.8, 4) is 0 Å². The molecule has 13 heavy (non-hydrogen) atoms. The van der Waals surface area contributed by atoms with Crippen LogP contribution in [0.5, 0.6) is 0 Å². The molecule has 1 aliphatic rings. The summed E-state index contributed by atoms with van der Waals surface area (Å²) in [4.78, 5) is 0. The van der Waals surface area contributed by atoms with Crippen LogP contribution in [0.15, 0.2) is 12.1 Å². The molecule has 1 aromatic carbocycles. The van der Waals surface area contributed by atoms with E-state index in [1.807, 2.05) is 0 Å². The van der Waals surface area contributed by atoms with E-state index < -0.39 is 5.82 Å². The normalized spacial score (nSPS) is 21.3. The smallest absolute Gasteiger partial charge is 0.143 e. The molecule has 4 heteroatoms. The van der Waals surface area contributed by atoms with Gasteiger partial charge < -0.3 is 5.32 Å². The van der Waals surface area contributed by atoms with Crippen LogP contribution in [0.1, 0.15) is 18.0 Å². The third-order valence-corrected chi connectivity index (χ3v) is 2.84. The minimum Gasteiger partial charge on any atom is -0.310 e. The predicted octanol–water partition coefficient (Wildman–Crippen LogP) is 3.17. The largest absolute Gasteiger partial charge is 0.310 e. The summed E-state index contributed by atoms with van der Waals surface area (Å²) in [6, 6.07) is 3.11. The average molecular weight is 220 g/mol. The number of hydrogen-bond donors (Lipinski definition) is 1. The molecule has 2 rings (SSSR count). The van der Waals surface area contributed by atoms with Gasteiger partial charge in [0.1, 0.15) is 5.82 Å². The summed E-state index contributed by atoms with van der Waals surface area (Å²) in [5, 5.41) is 3.72. The quantitative estimate of drug-likeness (QED) is 0.716. The van der Waals surface area contributed by atoms with Crippen molar-refractivity contribution in [2.24, 2.45) is 0 Å².